The highest BCUT2D eigenvalue weighted by Crippen LogP contribution is 2.62. The van der Waals surface area contributed by atoms with Crippen molar-refractivity contribution < 1.29 is 28.7 Å². The third-order valence-corrected chi connectivity index (χ3v) is 8.01. The van der Waals surface area contributed by atoms with Crippen molar-refractivity contribution in [3.63, 3.8) is 0 Å². The summed E-state index contributed by atoms with van der Waals surface area (Å²) >= 11 is 0. The Morgan fingerprint density at radius 2 is 1.51 bits per heavy atom. The molecule has 1 saturated heterocycles. The number of para-hydroxylation sites is 2. The van der Waals surface area contributed by atoms with Gasteiger partial charge in [0.1, 0.15) is 11.2 Å². The summed E-state index contributed by atoms with van der Waals surface area (Å²) in [5.41, 5.74) is 0.901. The van der Waals surface area contributed by atoms with Crippen molar-refractivity contribution in [3.8, 4) is 11.5 Å². The zero-order chi connectivity index (χ0) is 27.5. The summed E-state index contributed by atoms with van der Waals surface area (Å²) in [6, 6.07) is 17.7. The summed E-state index contributed by atoms with van der Waals surface area (Å²) in [4.78, 5) is 56.7. The van der Waals surface area contributed by atoms with Crippen molar-refractivity contribution in [2.45, 2.75) is 38.8 Å². The molecule has 0 unspecified atom stereocenters. The minimum Gasteiger partial charge on any atom is -0.494 e. The number of anilines is 1. The Morgan fingerprint density at radius 3 is 2.15 bits per heavy atom. The lowest BCUT2D eigenvalue weighted by atomic mass is 9.64. The molecule has 3 aliphatic rings. The summed E-state index contributed by atoms with van der Waals surface area (Å²) in [5, 5.41) is 0. The molecule has 1 aliphatic carbocycles. The molecule has 3 aromatic carbocycles. The molecule has 3 atom stereocenters. The lowest BCUT2D eigenvalue weighted by Gasteiger charge is -2.37. The van der Waals surface area contributed by atoms with Crippen molar-refractivity contribution in [1.82, 2.24) is 0 Å². The van der Waals surface area contributed by atoms with Gasteiger partial charge >= 0.3 is 5.97 Å². The van der Waals surface area contributed by atoms with E-state index in [9.17, 15) is 19.2 Å². The van der Waals surface area contributed by atoms with E-state index in [1.165, 1.54) is 13.8 Å². The van der Waals surface area contributed by atoms with Crippen molar-refractivity contribution in [1.29, 1.82) is 0 Å². The summed E-state index contributed by atoms with van der Waals surface area (Å²) in [5.74, 6) is -1.46. The monoisotopic (exact) mass is 521 g/mol. The Balaban J connectivity index is 1.70. The van der Waals surface area contributed by atoms with Crippen LogP contribution in [0.1, 0.15) is 58.5 Å². The van der Waals surface area contributed by atoms with Crippen LogP contribution < -0.4 is 14.4 Å². The van der Waals surface area contributed by atoms with E-state index in [4.69, 9.17) is 9.47 Å². The summed E-state index contributed by atoms with van der Waals surface area (Å²) < 4.78 is 11.6. The number of nitrogens with zero attached hydrogens (tertiary/aromatic N) is 1. The third kappa shape index (κ3) is 3.35. The number of ketones is 3. The summed E-state index contributed by atoms with van der Waals surface area (Å²) in [7, 11) is 0. The minimum absolute atomic E-state index is 0.219. The molecule has 2 aliphatic heterocycles. The van der Waals surface area contributed by atoms with Crippen LogP contribution in [0.15, 0.2) is 72.8 Å². The molecule has 0 amide bonds. The highest BCUT2D eigenvalue weighted by atomic mass is 16.5. The van der Waals surface area contributed by atoms with Crippen molar-refractivity contribution in [3.05, 3.63) is 95.1 Å². The Hall–Kier alpha value is -4.52. The SMILES string of the molecule is CCOc1ccccc1[C@@H]1[C@@H](C(C)=O)N2c3c(cccc3OC(C)=O)C=C[C@H]2C12C(=O)c1ccccc1C2=O. The molecule has 0 radical (unpaired) electrons. The van der Waals surface area contributed by atoms with Crippen LogP contribution in [0.25, 0.3) is 6.08 Å². The molecule has 196 valence electrons. The maximum Gasteiger partial charge on any atom is 0.308 e. The molecule has 1 fully saturated rings. The number of hydrogen-bond donors (Lipinski definition) is 0. The van der Waals surface area contributed by atoms with E-state index in [1.807, 2.05) is 48.2 Å². The van der Waals surface area contributed by atoms with Gasteiger partial charge in [-0.1, -0.05) is 66.7 Å². The van der Waals surface area contributed by atoms with Crippen LogP contribution in [0.4, 0.5) is 5.69 Å². The van der Waals surface area contributed by atoms with Crippen LogP contribution in [0.3, 0.4) is 0 Å². The van der Waals surface area contributed by atoms with E-state index in [-0.39, 0.29) is 23.1 Å². The van der Waals surface area contributed by atoms with E-state index in [2.05, 4.69) is 0 Å². The van der Waals surface area contributed by atoms with Gasteiger partial charge < -0.3 is 14.4 Å². The highest BCUT2D eigenvalue weighted by Gasteiger charge is 2.71. The Kier molecular flexibility index (Phi) is 5.75. The van der Waals surface area contributed by atoms with E-state index in [0.717, 1.165) is 5.56 Å². The number of fused-ring (bicyclic) bond motifs is 5. The van der Waals surface area contributed by atoms with Gasteiger partial charge in [-0.05, 0) is 26.0 Å². The Bertz CT molecular complexity index is 1550. The predicted octanol–water partition coefficient (Wildman–Crippen LogP) is 5.03. The van der Waals surface area contributed by atoms with Gasteiger partial charge in [0, 0.05) is 35.1 Å². The lowest BCUT2D eigenvalue weighted by Crippen LogP contribution is -2.48. The standard InChI is InChI=1S/C32H27NO6/c1-4-38-24-14-8-7-13-23(24)27-28(18(2)34)33-26(17-16-20-10-9-15-25(29(20)33)39-19(3)35)32(27)30(36)21-11-5-6-12-22(21)31(32)37/h5-17,26-28H,4H2,1-3H3/t26-,27+,28+/m0/s1. The molecule has 0 saturated carbocycles. The fourth-order valence-electron chi connectivity index (χ4n) is 6.74. The maximum atomic E-state index is 14.6. The van der Waals surface area contributed by atoms with Crippen molar-refractivity contribution >= 4 is 35.1 Å². The zero-order valence-electron chi connectivity index (χ0n) is 21.8. The molecule has 2 heterocycles. The van der Waals surface area contributed by atoms with E-state index in [1.54, 1.807) is 42.5 Å². The van der Waals surface area contributed by atoms with Gasteiger partial charge in [-0.2, -0.15) is 0 Å². The topological polar surface area (TPSA) is 90.0 Å². The number of rotatable bonds is 5. The fraction of sp³-hybridized carbons (Fsp3) is 0.250. The van der Waals surface area contributed by atoms with Gasteiger partial charge in [0.15, 0.2) is 23.1 Å². The normalized spacial score (nSPS) is 21.9. The van der Waals surface area contributed by atoms with Crippen molar-refractivity contribution in [2.75, 3.05) is 11.5 Å². The number of hydrogen-bond acceptors (Lipinski definition) is 7. The average molecular weight is 522 g/mol. The molecule has 0 bridgehead atoms. The first kappa shape index (κ1) is 24.8. The van der Waals surface area contributed by atoms with Gasteiger partial charge in [-0.3, -0.25) is 19.2 Å². The van der Waals surface area contributed by atoms with Crippen LogP contribution >= 0.6 is 0 Å². The van der Waals surface area contributed by atoms with Crippen LogP contribution in [-0.2, 0) is 9.59 Å². The lowest BCUT2D eigenvalue weighted by molar-refractivity contribution is -0.131. The van der Waals surface area contributed by atoms with Gasteiger partial charge in [0.05, 0.1) is 24.4 Å². The number of benzene rings is 3. The van der Waals surface area contributed by atoms with E-state index < -0.39 is 29.4 Å². The first-order chi connectivity index (χ1) is 18.8. The summed E-state index contributed by atoms with van der Waals surface area (Å²) in [6.07, 6.45) is 3.67. The molecule has 0 N–H and O–H groups in total. The number of carbonyl (C=O) groups excluding carboxylic acids is 4. The quantitative estimate of drug-likeness (QED) is 0.264. The number of esters is 1. The molecule has 39 heavy (non-hydrogen) atoms. The predicted molar refractivity (Wildman–Crippen MR) is 145 cm³/mol. The maximum absolute atomic E-state index is 14.6. The third-order valence-electron chi connectivity index (χ3n) is 8.01. The van der Waals surface area contributed by atoms with Crippen LogP contribution in [-0.4, -0.2) is 42.0 Å². The molecule has 6 rings (SSSR count). The molecule has 7 heteroatoms. The molecular weight excluding hydrogens is 494 g/mol. The molecule has 1 spiro atoms. The largest absolute Gasteiger partial charge is 0.494 e. The van der Waals surface area contributed by atoms with Gasteiger partial charge in [-0.25, -0.2) is 0 Å². The highest BCUT2D eigenvalue weighted by molar-refractivity contribution is 6.32. The minimum atomic E-state index is -1.63. The smallest absolute Gasteiger partial charge is 0.308 e. The molecule has 0 aromatic heterocycles. The molecule has 3 aromatic rings. The van der Waals surface area contributed by atoms with E-state index >= 15 is 0 Å². The number of Topliss-reactive ketones (excluding diaryl/α,β-unsaturated/α-hetero) is 3. The van der Waals surface area contributed by atoms with Gasteiger partial charge in [0.25, 0.3) is 0 Å². The Morgan fingerprint density at radius 1 is 0.872 bits per heavy atom. The second-order valence-electron chi connectivity index (χ2n) is 10.1. The molecular formula is C32H27NO6. The number of ether oxygens (including phenoxy) is 2. The van der Waals surface area contributed by atoms with E-state index in [0.29, 0.717) is 34.7 Å². The average Bonchev–Trinajstić information content (AvgIpc) is 3.35. The van der Waals surface area contributed by atoms with Crippen LogP contribution in [0.2, 0.25) is 0 Å². The first-order valence-electron chi connectivity index (χ1n) is 13.0. The van der Waals surface area contributed by atoms with Crippen LogP contribution in [0, 0.1) is 5.41 Å². The first-order valence-corrected chi connectivity index (χ1v) is 13.0. The summed E-state index contributed by atoms with van der Waals surface area (Å²) in [6.45, 7) is 5.01. The number of carbonyl (C=O) groups is 4. The van der Waals surface area contributed by atoms with Gasteiger partial charge in [0.2, 0.25) is 0 Å². The molecule has 7 nitrogen and oxygen atoms in total. The second kappa shape index (κ2) is 9.05. The van der Waals surface area contributed by atoms with Crippen LogP contribution in [0.5, 0.6) is 11.5 Å². The fourth-order valence-corrected chi connectivity index (χ4v) is 6.74. The second-order valence-corrected chi connectivity index (χ2v) is 10.1. The Labute approximate surface area is 226 Å². The van der Waals surface area contributed by atoms with Gasteiger partial charge in [-0.15, -0.1) is 0 Å². The van der Waals surface area contributed by atoms with Crippen molar-refractivity contribution in [2.24, 2.45) is 5.41 Å². The zero-order valence-corrected chi connectivity index (χ0v) is 21.8.